The van der Waals surface area contributed by atoms with Gasteiger partial charge in [0.15, 0.2) is 0 Å². The molecule has 1 aliphatic rings. The summed E-state index contributed by atoms with van der Waals surface area (Å²) in [6, 6.07) is 11.6. The lowest BCUT2D eigenvalue weighted by Gasteiger charge is -2.39. The second-order valence-corrected chi connectivity index (χ2v) is 14.5. The summed E-state index contributed by atoms with van der Waals surface area (Å²) in [6.45, 7) is 8.48. The number of hydrogen-bond acceptors (Lipinski definition) is 10. The highest BCUT2D eigenvalue weighted by atomic mass is 32.1. The number of benzene rings is 2. The summed E-state index contributed by atoms with van der Waals surface area (Å²) in [5, 5.41) is 9.13. The SMILES string of the molecule is CCC1(C)CCN(C(=O)c2ccc(-c3nc(COc4cc(OC)cc5nc(-c6cn7nc(C)sc7n6)sc45)cs3)cc2)CC1. The monoisotopic (exact) mass is 644 g/mol. The van der Waals surface area contributed by atoms with E-state index in [0.717, 1.165) is 85.1 Å². The Morgan fingerprint density at radius 3 is 2.57 bits per heavy atom. The van der Waals surface area contributed by atoms with Crippen LogP contribution < -0.4 is 9.47 Å². The van der Waals surface area contributed by atoms with Crippen molar-refractivity contribution in [3.63, 3.8) is 0 Å². The first-order valence-corrected chi connectivity index (χ1v) is 17.1. The van der Waals surface area contributed by atoms with Gasteiger partial charge >= 0.3 is 0 Å². The zero-order chi connectivity index (χ0) is 30.4. The Hall–Kier alpha value is -3.87. The van der Waals surface area contributed by atoms with Crippen LogP contribution in [0.3, 0.4) is 0 Å². The summed E-state index contributed by atoms with van der Waals surface area (Å²) in [7, 11) is 1.63. The lowest BCUT2D eigenvalue weighted by molar-refractivity contribution is 0.0600. The lowest BCUT2D eigenvalue weighted by atomic mass is 9.78. The molecule has 1 amide bonds. The van der Waals surface area contributed by atoms with E-state index in [4.69, 9.17) is 24.4 Å². The highest BCUT2D eigenvalue weighted by Gasteiger charge is 2.30. The number of carbonyl (C=O) groups excluding carboxylic acids is 1. The number of rotatable bonds is 8. The van der Waals surface area contributed by atoms with E-state index in [1.807, 2.05) is 59.8 Å². The summed E-state index contributed by atoms with van der Waals surface area (Å²) in [6.07, 6.45) is 5.18. The summed E-state index contributed by atoms with van der Waals surface area (Å²) < 4.78 is 14.5. The number of hydrogen-bond donors (Lipinski definition) is 0. The van der Waals surface area contributed by atoms with Gasteiger partial charge in [-0.15, -0.1) is 22.7 Å². The normalized spacial score (nSPS) is 14.9. The molecular formula is C32H32N6O3S3. The number of likely N-dealkylation sites (tertiary alicyclic amines) is 1. The third-order valence-electron chi connectivity index (χ3n) is 8.45. The van der Waals surface area contributed by atoms with Crippen LogP contribution in [-0.2, 0) is 6.61 Å². The highest BCUT2D eigenvalue weighted by Crippen LogP contribution is 2.39. The van der Waals surface area contributed by atoms with Crippen LogP contribution in [0.2, 0.25) is 0 Å². The molecule has 9 nitrogen and oxygen atoms in total. The Bertz CT molecular complexity index is 1930. The standard InChI is InChI=1S/C32H32N6O3S3/c1-5-32(3)10-12-37(13-11-32)30(39)21-8-6-20(7-9-21)28-33-22(18-42-28)17-41-26-15-23(40-4)14-24-27(26)44-29(34-24)25-16-38-31(35-25)43-19(2)36-38/h6-9,14-16,18H,5,10-13,17H2,1-4H3. The maximum atomic E-state index is 13.1. The van der Waals surface area contributed by atoms with E-state index in [0.29, 0.717) is 23.5 Å². The number of carbonyl (C=O) groups is 1. The lowest BCUT2D eigenvalue weighted by Crippen LogP contribution is -2.41. The van der Waals surface area contributed by atoms with Crippen molar-refractivity contribution in [3.05, 3.63) is 64.2 Å². The highest BCUT2D eigenvalue weighted by molar-refractivity contribution is 7.22. The first-order valence-electron chi connectivity index (χ1n) is 14.6. The fourth-order valence-corrected chi connectivity index (χ4v) is 7.92. The van der Waals surface area contributed by atoms with Gasteiger partial charge < -0.3 is 14.4 Å². The molecule has 0 radical (unpaired) electrons. The minimum absolute atomic E-state index is 0.110. The number of aromatic nitrogens is 5. The summed E-state index contributed by atoms with van der Waals surface area (Å²) >= 11 is 4.64. The summed E-state index contributed by atoms with van der Waals surface area (Å²) in [5.41, 5.74) is 4.45. The van der Waals surface area contributed by atoms with Crippen molar-refractivity contribution in [2.24, 2.45) is 5.41 Å². The molecule has 1 aliphatic heterocycles. The molecule has 7 rings (SSSR count). The van der Waals surface area contributed by atoms with Crippen molar-refractivity contribution in [3.8, 4) is 32.8 Å². The minimum atomic E-state index is 0.110. The maximum absolute atomic E-state index is 13.1. The van der Waals surface area contributed by atoms with Crippen LogP contribution in [0.15, 0.2) is 48.0 Å². The van der Waals surface area contributed by atoms with Gasteiger partial charge in [0.05, 0.1) is 29.2 Å². The van der Waals surface area contributed by atoms with Crippen molar-refractivity contribution in [2.75, 3.05) is 20.2 Å². The number of methoxy groups -OCH3 is 1. The quantitative estimate of drug-likeness (QED) is 0.167. The smallest absolute Gasteiger partial charge is 0.253 e. The van der Waals surface area contributed by atoms with Gasteiger partial charge in [-0.2, -0.15) is 5.10 Å². The average Bonchev–Trinajstić information content (AvgIpc) is 3.83. The van der Waals surface area contributed by atoms with E-state index in [2.05, 4.69) is 18.9 Å². The molecule has 0 N–H and O–H groups in total. The van der Waals surface area contributed by atoms with Crippen molar-refractivity contribution in [2.45, 2.75) is 46.6 Å². The molecule has 1 saturated heterocycles. The summed E-state index contributed by atoms with van der Waals surface area (Å²) in [4.78, 5) is 30.3. The van der Waals surface area contributed by atoms with Crippen LogP contribution in [0, 0.1) is 12.3 Å². The Kier molecular flexibility index (Phi) is 7.59. The predicted octanol–water partition coefficient (Wildman–Crippen LogP) is 7.74. The Morgan fingerprint density at radius 2 is 1.84 bits per heavy atom. The molecule has 12 heteroatoms. The third-order valence-corrected chi connectivity index (χ3v) is 11.3. The minimum Gasteiger partial charge on any atom is -0.497 e. The van der Waals surface area contributed by atoms with Crippen LogP contribution >= 0.6 is 34.0 Å². The molecule has 0 unspecified atom stereocenters. The number of fused-ring (bicyclic) bond motifs is 2. The molecule has 44 heavy (non-hydrogen) atoms. The molecule has 1 fully saturated rings. The fourth-order valence-electron chi connectivity index (χ4n) is 5.41. The van der Waals surface area contributed by atoms with Crippen LogP contribution in [0.4, 0.5) is 0 Å². The molecule has 0 bridgehead atoms. The van der Waals surface area contributed by atoms with E-state index >= 15 is 0 Å². The van der Waals surface area contributed by atoms with Crippen LogP contribution in [-0.4, -0.2) is 55.6 Å². The first-order chi connectivity index (χ1) is 21.3. The number of thiazole rings is 2. The summed E-state index contributed by atoms with van der Waals surface area (Å²) in [5.74, 6) is 1.47. The van der Waals surface area contributed by atoms with Gasteiger partial charge in [0.25, 0.3) is 5.91 Å². The van der Waals surface area contributed by atoms with E-state index < -0.39 is 0 Å². The fraction of sp³-hybridized carbons (Fsp3) is 0.344. The van der Waals surface area contributed by atoms with Gasteiger partial charge in [-0.25, -0.2) is 19.5 Å². The number of amides is 1. The molecule has 6 aromatic rings. The molecule has 4 aromatic heterocycles. The number of aryl methyl sites for hydroxylation is 1. The van der Waals surface area contributed by atoms with Gasteiger partial charge in [-0.1, -0.05) is 43.7 Å². The zero-order valence-electron chi connectivity index (χ0n) is 25.0. The molecule has 2 aromatic carbocycles. The second-order valence-electron chi connectivity index (χ2n) is 11.4. The third kappa shape index (κ3) is 5.57. The van der Waals surface area contributed by atoms with Crippen LogP contribution in [0.1, 0.15) is 54.2 Å². The number of nitrogens with zero attached hydrogens (tertiary/aromatic N) is 6. The van der Waals surface area contributed by atoms with Crippen molar-refractivity contribution < 1.29 is 14.3 Å². The molecule has 5 heterocycles. The van der Waals surface area contributed by atoms with E-state index in [-0.39, 0.29) is 5.91 Å². The first kappa shape index (κ1) is 28.9. The number of ether oxygens (including phenoxy) is 2. The predicted molar refractivity (Wildman–Crippen MR) is 176 cm³/mol. The van der Waals surface area contributed by atoms with Gasteiger partial charge in [0, 0.05) is 41.7 Å². The molecule has 0 saturated carbocycles. The maximum Gasteiger partial charge on any atom is 0.253 e. The average molecular weight is 645 g/mol. The van der Waals surface area contributed by atoms with Crippen molar-refractivity contribution in [1.29, 1.82) is 0 Å². The van der Waals surface area contributed by atoms with E-state index in [1.165, 1.54) is 11.3 Å². The van der Waals surface area contributed by atoms with E-state index in [1.54, 1.807) is 34.3 Å². The van der Waals surface area contributed by atoms with Crippen LogP contribution in [0.5, 0.6) is 11.5 Å². The Labute approximate surface area is 267 Å². The molecule has 0 spiro atoms. The molecule has 0 atom stereocenters. The van der Waals surface area contributed by atoms with Gasteiger partial charge in [-0.05, 0) is 37.3 Å². The molecule has 0 aliphatic carbocycles. The van der Waals surface area contributed by atoms with Gasteiger partial charge in [0.1, 0.15) is 38.8 Å². The molecule has 226 valence electrons. The van der Waals surface area contributed by atoms with Crippen LogP contribution in [0.25, 0.3) is 36.5 Å². The van der Waals surface area contributed by atoms with Crippen molar-refractivity contribution in [1.82, 2.24) is 29.5 Å². The topological polar surface area (TPSA) is 94.7 Å². The number of piperidine rings is 1. The van der Waals surface area contributed by atoms with Gasteiger partial charge in [0.2, 0.25) is 4.96 Å². The zero-order valence-corrected chi connectivity index (χ0v) is 27.4. The Morgan fingerprint density at radius 1 is 1.05 bits per heavy atom. The van der Waals surface area contributed by atoms with Gasteiger partial charge in [-0.3, -0.25) is 4.79 Å². The van der Waals surface area contributed by atoms with Crippen molar-refractivity contribution >= 4 is 55.1 Å². The number of imidazole rings is 1. The Balaban J connectivity index is 1.05. The molecular weight excluding hydrogens is 613 g/mol. The van der Waals surface area contributed by atoms with E-state index in [9.17, 15) is 4.79 Å². The second kappa shape index (κ2) is 11.6. The largest absolute Gasteiger partial charge is 0.497 e.